The van der Waals surface area contributed by atoms with Crippen molar-refractivity contribution in [2.75, 3.05) is 6.61 Å². The molecule has 3 heteroatoms. The van der Waals surface area contributed by atoms with Crippen molar-refractivity contribution < 1.29 is 14.6 Å². The van der Waals surface area contributed by atoms with Gasteiger partial charge < -0.3 is 9.84 Å². The first-order chi connectivity index (χ1) is 9.22. The summed E-state index contributed by atoms with van der Waals surface area (Å²) >= 11 is 0. The minimum Gasteiger partial charge on any atom is -0.489 e. The molecule has 0 fully saturated rings. The number of aromatic carboxylic acids is 1. The van der Waals surface area contributed by atoms with Crippen molar-refractivity contribution in [2.24, 2.45) is 0 Å². The Hall–Kier alpha value is -2.55. The Morgan fingerprint density at radius 2 is 1.84 bits per heavy atom. The molecule has 0 atom stereocenters. The van der Waals surface area contributed by atoms with Crippen LogP contribution in [0.5, 0.6) is 5.75 Å². The molecular formula is C16H14O3. The van der Waals surface area contributed by atoms with Crippen LogP contribution < -0.4 is 4.74 Å². The van der Waals surface area contributed by atoms with Gasteiger partial charge in [-0.1, -0.05) is 43.0 Å². The van der Waals surface area contributed by atoms with E-state index < -0.39 is 5.97 Å². The fourth-order valence-electron chi connectivity index (χ4n) is 1.77. The Morgan fingerprint density at radius 3 is 2.47 bits per heavy atom. The Balaban J connectivity index is 2.35. The molecule has 0 amide bonds. The third-order valence-corrected chi connectivity index (χ3v) is 2.69. The van der Waals surface area contributed by atoms with Gasteiger partial charge in [-0.25, -0.2) is 4.79 Å². The minimum absolute atomic E-state index is 0.272. The van der Waals surface area contributed by atoms with Crippen LogP contribution in [-0.4, -0.2) is 17.7 Å². The van der Waals surface area contributed by atoms with Crippen molar-refractivity contribution in [3.63, 3.8) is 0 Å². The van der Waals surface area contributed by atoms with Gasteiger partial charge in [-0.3, -0.25) is 0 Å². The summed E-state index contributed by atoms with van der Waals surface area (Å²) in [6, 6.07) is 14.4. The van der Waals surface area contributed by atoms with E-state index in [9.17, 15) is 4.79 Å². The molecule has 0 saturated heterocycles. The number of carboxylic acid groups (broad SMARTS) is 1. The van der Waals surface area contributed by atoms with E-state index in [1.807, 2.05) is 24.3 Å². The first kappa shape index (κ1) is 12.9. The lowest BCUT2D eigenvalue weighted by molar-refractivity contribution is 0.0697. The van der Waals surface area contributed by atoms with Crippen molar-refractivity contribution in [3.05, 3.63) is 66.7 Å². The van der Waals surface area contributed by atoms with E-state index >= 15 is 0 Å². The van der Waals surface area contributed by atoms with Crippen LogP contribution >= 0.6 is 0 Å². The Bertz CT molecular complexity index is 585. The van der Waals surface area contributed by atoms with E-state index in [0.717, 1.165) is 16.9 Å². The SMILES string of the molecule is C=CCOc1ccccc1-c1ccc(C(=O)O)cc1. The van der Waals surface area contributed by atoms with Gasteiger partial charge in [-0.15, -0.1) is 0 Å². The lowest BCUT2D eigenvalue weighted by atomic mass is 10.0. The molecule has 1 N–H and O–H groups in total. The van der Waals surface area contributed by atoms with Gasteiger partial charge in [0.1, 0.15) is 12.4 Å². The number of para-hydroxylation sites is 1. The topological polar surface area (TPSA) is 46.5 Å². The van der Waals surface area contributed by atoms with Crippen molar-refractivity contribution >= 4 is 5.97 Å². The van der Waals surface area contributed by atoms with Gasteiger partial charge >= 0.3 is 5.97 Å². The fourth-order valence-corrected chi connectivity index (χ4v) is 1.77. The zero-order valence-corrected chi connectivity index (χ0v) is 10.4. The monoisotopic (exact) mass is 254 g/mol. The predicted molar refractivity (Wildman–Crippen MR) is 74.5 cm³/mol. The number of benzene rings is 2. The third-order valence-electron chi connectivity index (χ3n) is 2.69. The van der Waals surface area contributed by atoms with E-state index in [2.05, 4.69) is 6.58 Å². The second-order valence-corrected chi connectivity index (χ2v) is 3.98. The smallest absolute Gasteiger partial charge is 0.335 e. The molecule has 0 radical (unpaired) electrons. The molecular weight excluding hydrogens is 240 g/mol. The van der Waals surface area contributed by atoms with Gasteiger partial charge in [0.05, 0.1) is 5.56 Å². The van der Waals surface area contributed by atoms with E-state index in [1.165, 1.54) is 0 Å². The first-order valence-electron chi connectivity index (χ1n) is 5.89. The fraction of sp³-hybridized carbons (Fsp3) is 0.0625. The number of hydrogen-bond acceptors (Lipinski definition) is 2. The van der Waals surface area contributed by atoms with Gasteiger partial charge in [0, 0.05) is 5.56 Å². The van der Waals surface area contributed by atoms with Gasteiger partial charge in [-0.2, -0.15) is 0 Å². The molecule has 19 heavy (non-hydrogen) atoms. The van der Waals surface area contributed by atoms with E-state index in [1.54, 1.807) is 30.3 Å². The average Bonchev–Trinajstić information content (AvgIpc) is 2.45. The summed E-state index contributed by atoms with van der Waals surface area (Å²) in [5.74, 6) is -0.173. The molecule has 3 nitrogen and oxygen atoms in total. The molecule has 2 rings (SSSR count). The van der Waals surface area contributed by atoms with Crippen LogP contribution in [0.25, 0.3) is 11.1 Å². The number of carbonyl (C=O) groups is 1. The summed E-state index contributed by atoms with van der Waals surface area (Å²) in [7, 11) is 0. The zero-order chi connectivity index (χ0) is 13.7. The molecule has 0 aliphatic carbocycles. The summed E-state index contributed by atoms with van der Waals surface area (Å²) in [5, 5.41) is 8.88. The van der Waals surface area contributed by atoms with Crippen LogP contribution in [0.3, 0.4) is 0 Å². The highest BCUT2D eigenvalue weighted by Crippen LogP contribution is 2.29. The highest BCUT2D eigenvalue weighted by Gasteiger charge is 2.07. The Morgan fingerprint density at radius 1 is 1.16 bits per heavy atom. The molecule has 0 saturated carbocycles. The van der Waals surface area contributed by atoms with Crippen molar-refractivity contribution in [3.8, 4) is 16.9 Å². The minimum atomic E-state index is -0.928. The normalized spacial score (nSPS) is 9.89. The molecule has 0 heterocycles. The van der Waals surface area contributed by atoms with Gasteiger partial charge in [0.2, 0.25) is 0 Å². The highest BCUT2D eigenvalue weighted by molar-refractivity contribution is 5.88. The standard InChI is InChI=1S/C16H14O3/c1-2-11-19-15-6-4-3-5-14(15)12-7-9-13(10-8-12)16(17)18/h2-10H,1,11H2,(H,17,18). The maximum atomic E-state index is 10.8. The second-order valence-electron chi connectivity index (χ2n) is 3.98. The van der Waals surface area contributed by atoms with Crippen LogP contribution in [0, 0.1) is 0 Å². The van der Waals surface area contributed by atoms with E-state index in [4.69, 9.17) is 9.84 Å². The van der Waals surface area contributed by atoms with Crippen molar-refractivity contribution in [1.82, 2.24) is 0 Å². The zero-order valence-electron chi connectivity index (χ0n) is 10.4. The first-order valence-corrected chi connectivity index (χ1v) is 5.89. The molecule has 2 aromatic rings. The summed E-state index contributed by atoms with van der Waals surface area (Å²) in [6.07, 6.45) is 1.68. The van der Waals surface area contributed by atoms with Crippen molar-refractivity contribution in [1.29, 1.82) is 0 Å². The molecule has 0 aromatic heterocycles. The molecule has 0 aliphatic heterocycles. The third kappa shape index (κ3) is 3.01. The predicted octanol–water partition coefficient (Wildman–Crippen LogP) is 3.62. The average molecular weight is 254 g/mol. The Kier molecular flexibility index (Phi) is 3.98. The number of hydrogen-bond donors (Lipinski definition) is 1. The molecule has 96 valence electrons. The number of carboxylic acids is 1. The molecule has 0 bridgehead atoms. The summed E-state index contributed by atoms with van der Waals surface area (Å²) in [5.41, 5.74) is 2.12. The lowest BCUT2D eigenvalue weighted by Gasteiger charge is -2.10. The number of ether oxygens (including phenoxy) is 1. The molecule has 0 unspecified atom stereocenters. The Labute approximate surface area is 111 Å². The maximum absolute atomic E-state index is 10.8. The molecule has 0 spiro atoms. The van der Waals surface area contributed by atoms with Gasteiger partial charge in [-0.05, 0) is 23.8 Å². The van der Waals surface area contributed by atoms with Crippen LogP contribution in [0.1, 0.15) is 10.4 Å². The van der Waals surface area contributed by atoms with Crippen LogP contribution in [-0.2, 0) is 0 Å². The highest BCUT2D eigenvalue weighted by atomic mass is 16.5. The van der Waals surface area contributed by atoms with E-state index in [-0.39, 0.29) is 5.56 Å². The quantitative estimate of drug-likeness (QED) is 0.829. The van der Waals surface area contributed by atoms with Gasteiger partial charge in [0.25, 0.3) is 0 Å². The van der Waals surface area contributed by atoms with Crippen LogP contribution in [0.4, 0.5) is 0 Å². The van der Waals surface area contributed by atoms with Crippen LogP contribution in [0.15, 0.2) is 61.2 Å². The van der Waals surface area contributed by atoms with Gasteiger partial charge in [0.15, 0.2) is 0 Å². The lowest BCUT2D eigenvalue weighted by Crippen LogP contribution is -1.97. The van der Waals surface area contributed by atoms with Crippen LogP contribution in [0.2, 0.25) is 0 Å². The molecule has 2 aromatic carbocycles. The largest absolute Gasteiger partial charge is 0.489 e. The maximum Gasteiger partial charge on any atom is 0.335 e. The van der Waals surface area contributed by atoms with E-state index in [0.29, 0.717) is 6.61 Å². The molecule has 0 aliphatic rings. The van der Waals surface area contributed by atoms with Crippen molar-refractivity contribution in [2.45, 2.75) is 0 Å². The number of rotatable bonds is 5. The summed E-state index contributed by atoms with van der Waals surface area (Å²) < 4.78 is 5.58. The second kappa shape index (κ2) is 5.87. The summed E-state index contributed by atoms with van der Waals surface area (Å²) in [6.45, 7) is 4.05. The summed E-state index contributed by atoms with van der Waals surface area (Å²) in [4.78, 5) is 10.8.